The van der Waals surface area contributed by atoms with E-state index in [0.717, 1.165) is 0 Å². The molecule has 0 radical (unpaired) electrons. The van der Waals surface area contributed by atoms with Crippen molar-refractivity contribution in [3.8, 4) is 17.2 Å². The standard InChI is InChI=1S/C19H24N2O6S/c1-4-20-19(22)17-13-16(8-9-18(17)26-3)28(23,24)21-10-11-27-15-7-5-6-14(12-15)25-2/h5-9,12-13,21H,4,10-11H2,1-3H3,(H,20,22). The van der Waals surface area contributed by atoms with Gasteiger partial charge in [0.05, 0.1) is 24.7 Å². The lowest BCUT2D eigenvalue weighted by atomic mass is 10.2. The molecule has 0 saturated carbocycles. The summed E-state index contributed by atoms with van der Waals surface area (Å²) in [6, 6.07) is 11.1. The van der Waals surface area contributed by atoms with Crippen molar-refractivity contribution in [2.45, 2.75) is 11.8 Å². The first kappa shape index (κ1) is 21.5. The molecule has 2 N–H and O–H groups in total. The molecule has 9 heteroatoms. The molecule has 152 valence electrons. The van der Waals surface area contributed by atoms with Crippen LogP contribution in [0.15, 0.2) is 47.4 Å². The maximum absolute atomic E-state index is 12.5. The van der Waals surface area contributed by atoms with E-state index in [1.165, 1.54) is 25.3 Å². The number of hydrogen-bond donors (Lipinski definition) is 2. The Morgan fingerprint density at radius 3 is 2.46 bits per heavy atom. The molecule has 0 heterocycles. The van der Waals surface area contributed by atoms with Crippen LogP contribution in [0, 0.1) is 0 Å². The summed E-state index contributed by atoms with van der Waals surface area (Å²) < 4.78 is 43.3. The number of carbonyl (C=O) groups is 1. The molecule has 2 aromatic carbocycles. The molecule has 0 fully saturated rings. The van der Waals surface area contributed by atoms with Crippen molar-refractivity contribution in [3.05, 3.63) is 48.0 Å². The molecular weight excluding hydrogens is 384 g/mol. The summed E-state index contributed by atoms with van der Waals surface area (Å²) in [5, 5.41) is 2.63. The van der Waals surface area contributed by atoms with Gasteiger partial charge in [0, 0.05) is 19.2 Å². The van der Waals surface area contributed by atoms with E-state index in [4.69, 9.17) is 14.2 Å². The monoisotopic (exact) mass is 408 g/mol. The van der Waals surface area contributed by atoms with Gasteiger partial charge in [0.2, 0.25) is 10.0 Å². The third-order valence-electron chi connectivity index (χ3n) is 3.77. The van der Waals surface area contributed by atoms with Crippen LogP contribution in [0.4, 0.5) is 0 Å². The highest BCUT2D eigenvalue weighted by Crippen LogP contribution is 2.22. The summed E-state index contributed by atoms with van der Waals surface area (Å²) in [5.74, 6) is 1.11. The Labute approximate surface area is 164 Å². The summed E-state index contributed by atoms with van der Waals surface area (Å²) in [7, 11) is -0.844. The first-order valence-electron chi connectivity index (χ1n) is 8.64. The average molecular weight is 408 g/mol. The minimum absolute atomic E-state index is 0.0315. The maximum atomic E-state index is 12.5. The maximum Gasteiger partial charge on any atom is 0.255 e. The predicted octanol–water partition coefficient (Wildman–Crippen LogP) is 1.81. The molecule has 0 atom stereocenters. The lowest BCUT2D eigenvalue weighted by Crippen LogP contribution is -2.29. The molecule has 0 aliphatic heterocycles. The minimum atomic E-state index is -3.81. The van der Waals surface area contributed by atoms with E-state index in [2.05, 4.69) is 10.0 Å². The lowest BCUT2D eigenvalue weighted by Gasteiger charge is -2.12. The fourth-order valence-electron chi connectivity index (χ4n) is 2.41. The van der Waals surface area contributed by atoms with E-state index < -0.39 is 15.9 Å². The van der Waals surface area contributed by atoms with E-state index in [1.54, 1.807) is 38.3 Å². The number of ether oxygens (including phenoxy) is 3. The quantitative estimate of drug-likeness (QED) is 0.581. The van der Waals surface area contributed by atoms with Crippen LogP contribution in [0.5, 0.6) is 17.2 Å². The zero-order valence-electron chi connectivity index (χ0n) is 16.0. The SMILES string of the molecule is CCNC(=O)c1cc(S(=O)(=O)NCCOc2cccc(OC)c2)ccc1OC. The fourth-order valence-corrected chi connectivity index (χ4v) is 3.45. The van der Waals surface area contributed by atoms with Crippen molar-refractivity contribution in [3.63, 3.8) is 0 Å². The van der Waals surface area contributed by atoms with E-state index >= 15 is 0 Å². The molecule has 1 amide bonds. The summed E-state index contributed by atoms with van der Waals surface area (Å²) in [6.45, 7) is 2.38. The largest absolute Gasteiger partial charge is 0.497 e. The van der Waals surface area contributed by atoms with Gasteiger partial charge in [0.15, 0.2) is 0 Å². The number of sulfonamides is 1. The number of benzene rings is 2. The average Bonchev–Trinajstić information content (AvgIpc) is 2.71. The van der Waals surface area contributed by atoms with Crippen LogP contribution in [0.1, 0.15) is 17.3 Å². The topological polar surface area (TPSA) is 103 Å². The van der Waals surface area contributed by atoms with Gasteiger partial charge in [0.1, 0.15) is 23.9 Å². The van der Waals surface area contributed by atoms with Crippen molar-refractivity contribution in [1.29, 1.82) is 0 Å². The molecule has 8 nitrogen and oxygen atoms in total. The van der Waals surface area contributed by atoms with E-state index in [-0.39, 0.29) is 23.6 Å². The zero-order chi connectivity index (χ0) is 20.6. The summed E-state index contributed by atoms with van der Waals surface area (Å²) >= 11 is 0. The highest BCUT2D eigenvalue weighted by atomic mass is 32.2. The van der Waals surface area contributed by atoms with Crippen LogP contribution >= 0.6 is 0 Å². The second kappa shape index (κ2) is 9.95. The highest BCUT2D eigenvalue weighted by Gasteiger charge is 2.19. The minimum Gasteiger partial charge on any atom is -0.497 e. The third-order valence-corrected chi connectivity index (χ3v) is 5.23. The molecule has 0 bridgehead atoms. The van der Waals surface area contributed by atoms with Gasteiger partial charge in [-0.2, -0.15) is 0 Å². The smallest absolute Gasteiger partial charge is 0.255 e. The molecule has 0 saturated heterocycles. The molecular formula is C19H24N2O6S. The first-order valence-corrected chi connectivity index (χ1v) is 10.1. The molecule has 0 unspecified atom stereocenters. The molecule has 2 rings (SSSR count). The van der Waals surface area contributed by atoms with Gasteiger partial charge in [-0.05, 0) is 37.3 Å². The van der Waals surface area contributed by atoms with E-state index in [9.17, 15) is 13.2 Å². The van der Waals surface area contributed by atoms with Gasteiger partial charge < -0.3 is 19.5 Å². The Morgan fingerprint density at radius 1 is 1.04 bits per heavy atom. The van der Waals surface area contributed by atoms with Gasteiger partial charge >= 0.3 is 0 Å². The third kappa shape index (κ3) is 5.61. The Bertz CT molecular complexity index is 914. The van der Waals surface area contributed by atoms with Crippen LogP contribution in [-0.4, -0.2) is 48.2 Å². The van der Waals surface area contributed by atoms with Gasteiger partial charge in [-0.25, -0.2) is 13.1 Å². The number of carbonyl (C=O) groups excluding carboxylic acids is 1. The van der Waals surface area contributed by atoms with Gasteiger partial charge in [0.25, 0.3) is 5.91 Å². The first-order chi connectivity index (χ1) is 13.4. The lowest BCUT2D eigenvalue weighted by molar-refractivity contribution is 0.0952. The van der Waals surface area contributed by atoms with Crippen LogP contribution < -0.4 is 24.2 Å². The van der Waals surface area contributed by atoms with Gasteiger partial charge in [-0.3, -0.25) is 4.79 Å². The number of hydrogen-bond acceptors (Lipinski definition) is 6. The number of nitrogens with one attached hydrogen (secondary N) is 2. The summed E-state index contributed by atoms with van der Waals surface area (Å²) in [6.07, 6.45) is 0. The van der Waals surface area contributed by atoms with Crippen molar-refractivity contribution in [2.24, 2.45) is 0 Å². The van der Waals surface area contributed by atoms with E-state index in [0.29, 0.717) is 23.8 Å². The molecule has 0 aliphatic carbocycles. The van der Waals surface area contributed by atoms with E-state index in [1.807, 2.05) is 0 Å². The van der Waals surface area contributed by atoms with Crippen molar-refractivity contribution in [1.82, 2.24) is 10.0 Å². The molecule has 0 spiro atoms. The second-order valence-electron chi connectivity index (χ2n) is 5.65. The van der Waals surface area contributed by atoms with Crippen molar-refractivity contribution >= 4 is 15.9 Å². The number of methoxy groups -OCH3 is 2. The Kier molecular flexibility index (Phi) is 7.65. The zero-order valence-corrected chi connectivity index (χ0v) is 16.8. The summed E-state index contributed by atoms with van der Waals surface area (Å²) in [5.41, 5.74) is 0.153. The summed E-state index contributed by atoms with van der Waals surface area (Å²) in [4.78, 5) is 12.1. The predicted molar refractivity (Wildman–Crippen MR) is 105 cm³/mol. The Balaban J connectivity index is 2.03. The second-order valence-corrected chi connectivity index (χ2v) is 7.41. The van der Waals surface area contributed by atoms with Crippen LogP contribution in [0.3, 0.4) is 0 Å². The highest BCUT2D eigenvalue weighted by molar-refractivity contribution is 7.89. The van der Waals surface area contributed by atoms with Gasteiger partial charge in [-0.1, -0.05) is 6.07 Å². The Morgan fingerprint density at radius 2 is 1.79 bits per heavy atom. The molecule has 2 aromatic rings. The van der Waals surface area contributed by atoms with Crippen LogP contribution in [-0.2, 0) is 10.0 Å². The number of amides is 1. The van der Waals surface area contributed by atoms with Crippen LogP contribution in [0.2, 0.25) is 0 Å². The molecule has 28 heavy (non-hydrogen) atoms. The van der Waals surface area contributed by atoms with Crippen LogP contribution in [0.25, 0.3) is 0 Å². The van der Waals surface area contributed by atoms with Crippen molar-refractivity contribution < 1.29 is 27.4 Å². The normalized spacial score (nSPS) is 11.0. The molecule has 0 aromatic heterocycles. The van der Waals surface area contributed by atoms with Crippen molar-refractivity contribution in [2.75, 3.05) is 33.9 Å². The van der Waals surface area contributed by atoms with Gasteiger partial charge in [-0.15, -0.1) is 0 Å². The molecule has 0 aliphatic rings. The number of rotatable bonds is 10. The fraction of sp³-hybridized carbons (Fsp3) is 0.316. The Hall–Kier alpha value is -2.78.